The van der Waals surface area contributed by atoms with Crippen LogP contribution in [0.4, 0.5) is 5.95 Å². The number of hydrogen-bond donors (Lipinski definition) is 2. The highest BCUT2D eigenvalue weighted by Crippen LogP contribution is 2.41. The van der Waals surface area contributed by atoms with Crippen LogP contribution in [0.15, 0.2) is 60.8 Å². The molecule has 0 saturated heterocycles. The van der Waals surface area contributed by atoms with Gasteiger partial charge in [-0.1, -0.05) is 42.5 Å². The smallest absolute Gasteiger partial charge is 0.240 e. The first-order valence-electron chi connectivity index (χ1n) is 8.72. The Morgan fingerprint density at radius 1 is 1.04 bits per heavy atom. The largest absolute Gasteiger partial charge is 0.489 e. The zero-order valence-electron chi connectivity index (χ0n) is 14.4. The summed E-state index contributed by atoms with van der Waals surface area (Å²) in [6.45, 7) is 1.24. The number of anilines is 1. The van der Waals surface area contributed by atoms with Crippen LogP contribution in [-0.4, -0.2) is 21.2 Å². The van der Waals surface area contributed by atoms with Crippen molar-refractivity contribution < 1.29 is 4.74 Å². The molecular weight excluding hydrogens is 326 g/mol. The fourth-order valence-electron chi connectivity index (χ4n) is 2.97. The third-order valence-corrected chi connectivity index (χ3v) is 4.52. The van der Waals surface area contributed by atoms with Crippen LogP contribution in [-0.2, 0) is 13.2 Å². The number of nitrogen functional groups attached to an aromatic ring is 1. The molecule has 1 aliphatic rings. The monoisotopic (exact) mass is 347 g/mol. The number of nitrogens with zero attached hydrogens (tertiary/aromatic N) is 3. The van der Waals surface area contributed by atoms with E-state index in [-0.39, 0.29) is 5.95 Å². The van der Waals surface area contributed by atoms with E-state index >= 15 is 0 Å². The average Bonchev–Trinajstić information content (AvgIpc) is 3.47. The predicted octanol–water partition coefficient (Wildman–Crippen LogP) is 2.68. The number of rotatable bonds is 7. The Morgan fingerprint density at radius 3 is 2.58 bits per heavy atom. The molecule has 2 unspecified atom stereocenters. The first-order chi connectivity index (χ1) is 12.8. The van der Waals surface area contributed by atoms with Crippen molar-refractivity contribution >= 4 is 5.95 Å². The van der Waals surface area contributed by atoms with E-state index in [0.717, 1.165) is 17.9 Å². The highest BCUT2D eigenvalue weighted by molar-refractivity contribution is 5.34. The van der Waals surface area contributed by atoms with Crippen molar-refractivity contribution in [2.45, 2.75) is 31.5 Å². The molecule has 132 valence electrons. The van der Waals surface area contributed by atoms with Crippen molar-refractivity contribution in [1.82, 2.24) is 20.5 Å². The van der Waals surface area contributed by atoms with E-state index < -0.39 is 0 Å². The molecule has 1 heterocycles. The summed E-state index contributed by atoms with van der Waals surface area (Å²) in [6.07, 6.45) is 2.78. The molecule has 0 spiro atoms. The zero-order chi connectivity index (χ0) is 17.8. The summed E-state index contributed by atoms with van der Waals surface area (Å²) in [5.41, 5.74) is 8.74. The first kappa shape index (κ1) is 16.5. The second kappa shape index (κ2) is 7.49. The van der Waals surface area contributed by atoms with Crippen LogP contribution in [0.5, 0.6) is 5.75 Å². The lowest BCUT2D eigenvalue weighted by Gasteiger charge is -2.08. The van der Waals surface area contributed by atoms with E-state index in [0.29, 0.717) is 25.1 Å². The molecule has 3 N–H and O–H groups in total. The van der Waals surface area contributed by atoms with E-state index in [1.54, 1.807) is 6.20 Å². The lowest BCUT2D eigenvalue weighted by molar-refractivity contribution is 0.306. The number of benzene rings is 2. The molecule has 6 nitrogen and oxygen atoms in total. The van der Waals surface area contributed by atoms with Gasteiger partial charge in [0.2, 0.25) is 5.95 Å². The Labute approximate surface area is 152 Å². The quantitative estimate of drug-likeness (QED) is 0.683. The summed E-state index contributed by atoms with van der Waals surface area (Å²) < 4.78 is 5.84. The Bertz CT molecular complexity index is 836. The topological polar surface area (TPSA) is 86.0 Å². The second-order valence-corrected chi connectivity index (χ2v) is 6.48. The minimum Gasteiger partial charge on any atom is -0.489 e. The van der Waals surface area contributed by atoms with Gasteiger partial charge in [0, 0.05) is 18.5 Å². The van der Waals surface area contributed by atoms with Gasteiger partial charge >= 0.3 is 0 Å². The van der Waals surface area contributed by atoms with Crippen molar-refractivity contribution in [3.05, 3.63) is 77.6 Å². The molecule has 2 atom stereocenters. The molecule has 1 saturated carbocycles. The van der Waals surface area contributed by atoms with Gasteiger partial charge in [-0.15, -0.1) is 10.2 Å². The zero-order valence-corrected chi connectivity index (χ0v) is 14.4. The minimum atomic E-state index is 0.202. The van der Waals surface area contributed by atoms with Crippen LogP contribution < -0.4 is 15.8 Å². The molecule has 2 aromatic carbocycles. The maximum atomic E-state index is 5.84. The van der Waals surface area contributed by atoms with Crippen LogP contribution in [0.25, 0.3) is 0 Å². The van der Waals surface area contributed by atoms with Crippen molar-refractivity contribution in [1.29, 1.82) is 0 Å². The van der Waals surface area contributed by atoms with Gasteiger partial charge in [0.1, 0.15) is 12.4 Å². The van der Waals surface area contributed by atoms with Crippen molar-refractivity contribution in [2.24, 2.45) is 0 Å². The summed E-state index contributed by atoms with van der Waals surface area (Å²) in [5, 5.41) is 11.3. The van der Waals surface area contributed by atoms with Crippen LogP contribution in [0.2, 0.25) is 0 Å². The number of aromatic nitrogens is 3. The van der Waals surface area contributed by atoms with E-state index in [9.17, 15) is 0 Å². The van der Waals surface area contributed by atoms with Gasteiger partial charge in [-0.05, 0) is 29.7 Å². The molecule has 0 amide bonds. The minimum absolute atomic E-state index is 0.202. The van der Waals surface area contributed by atoms with Crippen LogP contribution >= 0.6 is 0 Å². The van der Waals surface area contributed by atoms with Crippen LogP contribution in [0.3, 0.4) is 0 Å². The Morgan fingerprint density at radius 2 is 1.85 bits per heavy atom. The fourth-order valence-corrected chi connectivity index (χ4v) is 2.97. The van der Waals surface area contributed by atoms with Crippen molar-refractivity contribution in [2.75, 3.05) is 5.73 Å². The number of nitrogens with one attached hydrogen (secondary N) is 1. The van der Waals surface area contributed by atoms with Crippen molar-refractivity contribution in [3.8, 4) is 5.75 Å². The van der Waals surface area contributed by atoms with Gasteiger partial charge < -0.3 is 15.8 Å². The van der Waals surface area contributed by atoms with Crippen LogP contribution in [0, 0.1) is 0 Å². The molecule has 4 rings (SSSR count). The number of hydrogen-bond acceptors (Lipinski definition) is 6. The highest BCUT2D eigenvalue weighted by atomic mass is 16.5. The number of ether oxygens (including phenoxy) is 1. The Kier molecular flexibility index (Phi) is 4.75. The van der Waals surface area contributed by atoms with E-state index in [4.69, 9.17) is 10.5 Å². The summed E-state index contributed by atoms with van der Waals surface area (Å²) in [6, 6.07) is 19.0. The summed E-state index contributed by atoms with van der Waals surface area (Å²) in [5.74, 6) is 1.63. The summed E-state index contributed by atoms with van der Waals surface area (Å²) in [7, 11) is 0. The van der Waals surface area contributed by atoms with Gasteiger partial charge in [0.25, 0.3) is 0 Å². The predicted molar refractivity (Wildman–Crippen MR) is 99.4 cm³/mol. The standard InChI is InChI=1S/C20H21N5O/c21-20-23-12-16(24-25-20)11-22-19-10-18(19)15-6-8-17(9-7-15)26-13-14-4-2-1-3-5-14/h1-9,12,18-19,22H,10-11,13H2,(H2,21,23,25). The molecule has 3 aromatic rings. The third-order valence-electron chi connectivity index (χ3n) is 4.52. The third kappa shape index (κ3) is 4.15. The van der Waals surface area contributed by atoms with Crippen LogP contribution in [0.1, 0.15) is 29.2 Å². The van der Waals surface area contributed by atoms with E-state index in [1.807, 2.05) is 30.3 Å². The lowest BCUT2D eigenvalue weighted by Crippen LogP contribution is -2.18. The molecule has 1 aliphatic carbocycles. The van der Waals surface area contributed by atoms with E-state index in [2.05, 4.69) is 44.8 Å². The second-order valence-electron chi connectivity index (χ2n) is 6.48. The van der Waals surface area contributed by atoms with Gasteiger partial charge in [0.15, 0.2) is 0 Å². The summed E-state index contributed by atoms with van der Waals surface area (Å²) >= 11 is 0. The SMILES string of the molecule is Nc1ncc(CNC2CC2c2ccc(OCc3ccccc3)cc2)nn1. The van der Waals surface area contributed by atoms with Gasteiger partial charge in [-0.2, -0.15) is 0 Å². The van der Waals surface area contributed by atoms with Gasteiger partial charge in [0.05, 0.1) is 11.9 Å². The maximum absolute atomic E-state index is 5.84. The normalized spacial score (nSPS) is 18.5. The summed E-state index contributed by atoms with van der Waals surface area (Å²) in [4.78, 5) is 3.95. The molecule has 1 aromatic heterocycles. The molecule has 1 fully saturated rings. The molecule has 26 heavy (non-hydrogen) atoms. The molecule has 0 bridgehead atoms. The van der Waals surface area contributed by atoms with E-state index in [1.165, 1.54) is 11.1 Å². The highest BCUT2D eigenvalue weighted by Gasteiger charge is 2.37. The molecule has 6 heteroatoms. The molecule has 0 aliphatic heterocycles. The van der Waals surface area contributed by atoms with Gasteiger partial charge in [-0.25, -0.2) is 4.98 Å². The van der Waals surface area contributed by atoms with Crippen molar-refractivity contribution in [3.63, 3.8) is 0 Å². The fraction of sp³-hybridized carbons (Fsp3) is 0.250. The maximum Gasteiger partial charge on any atom is 0.240 e. The average molecular weight is 347 g/mol. The van der Waals surface area contributed by atoms with Gasteiger partial charge in [-0.3, -0.25) is 0 Å². The Balaban J connectivity index is 1.26. The number of nitrogens with two attached hydrogens (primary N) is 1. The Hall–Kier alpha value is -2.99. The lowest BCUT2D eigenvalue weighted by atomic mass is 10.1. The molecular formula is C20H21N5O. The first-order valence-corrected chi connectivity index (χ1v) is 8.72. The molecule has 0 radical (unpaired) electrons.